The van der Waals surface area contributed by atoms with Gasteiger partial charge in [-0.2, -0.15) is 0 Å². The van der Waals surface area contributed by atoms with Gasteiger partial charge in [-0.25, -0.2) is 4.79 Å². The van der Waals surface area contributed by atoms with Crippen LogP contribution >= 0.6 is 0 Å². The third-order valence-corrected chi connectivity index (χ3v) is 2.45. The Bertz CT molecular complexity index is 285. The molecule has 1 aliphatic heterocycles. The second-order valence-corrected chi connectivity index (χ2v) is 5.63. The van der Waals surface area contributed by atoms with E-state index in [9.17, 15) is 4.79 Å². The molecule has 0 aromatic rings. The maximum atomic E-state index is 11.9. The van der Waals surface area contributed by atoms with Crippen molar-refractivity contribution in [2.45, 2.75) is 59.1 Å². The second-order valence-electron chi connectivity index (χ2n) is 5.63. The Balaban J connectivity index is 2.65. The summed E-state index contributed by atoms with van der Waals surface area (Å²) >= 11 is 0. The summed E-state index contributed by atoms with van der Waals surface area (Å²) in [6.07, 6.45) is 4.07. The summed E-state index contributed by atoms with van der Waals surface area (Å²) in [7, 11) is 0. The molecule has 16 heavy (non-hydrogen) atoms. The smallest absolute Gasteiger partial charge is 0.410 e. The fourth-order valence-electron chi connectivity index (χ4n) is 1.90. The first kappa shape index (κ1) is 13.1. The molecule has 1 heterocycles. The Hall–Kier alpha value is -0.990. The van der Waals surface area contributed by atoms with Crippen LogP contribution in [0.25, 0.3) is 0 Å². The van der Waals surface area contributed by atoms with Crippen molar-refractivity contribution in [3.63, 3.8) is 0 Å². The molecule has 3 nitrogen and oxygen atoms in total. The van der Waals surface area contributed by atoms with E-state index < -0.39 is 5.60 Å². The van der Waals surface area contributed by atoms with Gasteiger partial charge in [-0.15, -0.1) is 0 Å². The van der Waals surface area contributed by atoms with Crippen molar-refractivity contribution in [3.8, 4) is 0 Å². The maximum Gasteiger partial charge on any atom is 0.410 e. The minimum absolute atomic E-state index is 0.187. The van der Waals surface area contributed by atoms with Crippen LogP contribution in [0, 0.1) is 0 Å². The molecular formula is C13H23NO2. The van der Waals surface area contributed by atoms with Gasteiger partial charge in [0, 0.05) is 6.54 Å². The number of rotatable bonds is 1. The third-order valence-electron chi connectivity index (χ3n) is 2.45. The lowest BCUT2D eigenvalue weighted by atomic mass is 10.1. The summed E-state index contributed by atoms with van der Waals surface area (Å²) in [5.74, 6) is 0. The predicted molar refractivity (Wildman–Crippen MR) is 65.4 cm³/mol. The molecule has 1 rings (SSSR count). The number of hydrogen-bond acceptors (Lipinski definition) is 2. The van der Waals surface area contributed by atoms with Gasteiger partial charge < -0.3 is 9.64 Å². The van der Waals surface area contributed by atoms with Gasteiger partial charge in [0.15, 0.2) is 0 Å². The van der Waals surface area contributed by atoms with E-state index in [1.54, 1.807) is 0 Å². The monoisotopic (exact) mass is 225 g/mol. The number of ether oxygens (including phenoxy) is 1. The van der Waals surface area contributed by atoms with Crippen LogP contribution in [-0.2, 0) is 4.74 Å². The third kappa shape index (κ3) is 3.87. The molecule has 0 aromatic heterocycles. The number of carbonyl (C=O) groups is 1. The Morgan fingerprint density at radius 1 is 1.38 bits per heavy atom. The van der Waals surface area contributed by atoms with Crippen LogP contribution in [-0.4, -0.2) is 29.2 Å². The number of nitrogens with zero attached hydrogens (tertiary/aromatic N) is 1. The van der Waals surface area contributed by atoms with Crippen molar-refractivity contribution in [1.29, 1.82) is 0 Å². The highest BCUT2D eigenvalue weighted by Crippen LogP contribution is 2.22. The van der Waals surface area contributed by atoms with Crippen molar-refractivity contribution >= 4 is 6.09 Å². The molecule has 0 bridgehead atoms. The molecule has 0 saturated carbocycles. The largest absolute Gasteiger partial charge is 0.444 e. The zero-order valence-electron chi connectivity index (χ0n) is 11.0. The van der Waals surface area contributed by atoms with Gasteiger partial charge in [0.25, 0.3) is 0 Å². The summed E-state index contributed by atoms with van der Waals surface area (Å²) in [6.45, 7) is 10.6. The van der Waals surface area contributed by atoms with E-state index in [2.05, 4.69) is 19.9 Å². The van der Waals surface area contributed by atoms with Gasteiger partial charge in [0.05, 0.1) is 6.04 Å². The molecular weight excluding hydrogens is 202 g/mol. The zero-order chi connectivity index (χ0) is 12.3. The van der Waals surface area contributed by atoms with Gasteiger partial charge >= 0.3 is 6.09 Å². The first-order valence-electron chi connectivity index (χ1n) is 5.94. The molecule has 0 unspecified atom stereocenters. The number of hydrogen-bond donors (Lipinski definition) is 0. The van der Waals surface area contributed by atoms with Crippen molar-refractivity contribution in [3.05, 3.63) is 11.6 Å². The molecule has 1 fully saturated rings. The van der Waals surface area contributed by atoms with Crippen LogP contribution in [0.5, 0.6) is 0 Å². The molecule has 0 aliphatic carbocycles. The zero-order valence-corrected chi connectivity index (χ0v) is 11.0. The second kappa shape index (κ2) is 4.89. The first-order valence-corrected chi connectivity index (χ1v) is 5.94. The standard InChI is InChI=1S/C13H23NO2/c1-10(2)9-11-7-6-8-14(11)12(15)16-13(3,4)5/h9,11H,6-8H2,1-5H3/t11-/m0/s1. The number of likely N-dealkylation sites (tertiary alicyclic amines) is 1. The van der Waals surface area contributed by atoms with Crippen molar-refractivity contribution in [2.24, 2.45) is 0 Å². The lowest BCUT2D eigenvalue weighted by Crippen LogP contribution is -2.39. The maximum absolute atomic E-state index is 11.9. The normalized spacial score (nSPS) is 20.8. The van der Waals surface area contributed by atoms with E-state index >= 15 is 0 Å². The quantitative estimate of drug-likeness (QED) is 0.640. The van der Waals surface area contributed by atoms with Crippen molar-refractivity contribution in [1.82, 2.24) is 4.90 Å². The van der Waals surface area contributed by atoms with E-state index in [0.29, 0.717) is 0 Å². The minimum Gasteiger partial charge on any atom is -0.444 e. The highest BCUT2D eigenvalue weighted by Gasteiger charge is 2.30. The SMILES string of the molecule is CC(C)=C[C@@H]1CCCN1C(=O)OC(C)(C)C. The molecule has 1 amide bonds. The topological polar surface area (TPSA) is 29.5 Å². The Kier molecular flexibility index (Phi) is 4.00. The van der Waals surface area contributed by atoms with E-state index in [4.69, 9.17) is 4.74 Å². The fourth-order valence-corrected chi connectivity index (χ4v) is 1.90. The Morgan fingerprint density at radius 3 is 2.50 bits per heavy atom. The lowest BCUT2D eigenvalue weighted by Gasteiger charge is -2.27. The Labute approximate surface area is 98.5 Å². The number of amides is 1. The van der Waals surface area contributed by atoms with Crippen LogP contribution in [0.3, 0.4) is 0 Å². The summed E-state index contributed by atoms with van der Waals surface area (Å²) in [5.41, 5.74) is 0.843. The average molecular weight is 225 g/mol. The van der Waals surface area contributed by atoms with Gasteiger partial charge in [-0.3, -0.25) is 0 Å². The molecule has 0 aromatic carbocycles. The predicted octanol–water partition coefficient (Wildman–Crippen LogP) is 3.35. The average Bonchev–Trinajstić information content (AvgIpc) is 2.47. The Morgan fingerprint density at radius 2 is 2.00 bits per heavy atom. The lowest BCUT2D eigenvalue weighted by molar-refractivity contribution is 0.0255. The molecule has 0 spiro atoms. The van der Waals surface area contributed by atoms with Gasteiger partial charge in [0.2, 0.25) is 0 Å². The summed E-state index contributed by atoms with van der Waals surface area (Å²) in [6, 6.07) is 0.222. The van der Waals surface area contributed by atoms with Gasteiger partial charge in [0.1, 0.15) is 5.60 Å². The van der Waals surface area contributed by atoms with E-state index in [-0.39, 0.29) is 12.1 Å². The van der Waals surface area contributed by atoms with Crippen LogP contribution < -0.4 is 0 Å². The molecule has 1 saturated heterocycles. The van der Waals surface area contributed by atoms with Gasteiger partial charge in [-0.05, 0) is 47.5 Å². The molecule has 3 heteroatoms. The molecule has 92 valence electrons. The summed E-state index contributed by atoms with van der Waals surface area (Å²) < 4.78 is 5.39. The molecule has 1 aliphatic rings. The highest BCUT2D eigenvalue weighted by atomic mass is 16.6. The summed E-state index contributed by atoms with van der Waals surface area (Å²) in [4.78, 5) is 13.8. The van der Waals surface area contributed by atoms with Crippen LogP contribution in [0.4, 0.5) is 4.79 Å². The van der Waals surface area contributed by atoms with Crippen LogP contribution in [0.2, 0.25) is 0 Å². The number of allylic oxidation sites excluding steroid dienone is 1. The molecule has 0 radical (unpaired) electrons. The van der Waals surface area contributed by atoms with E-state index in [1.165, 1.54) is 5.57 Å². The fraction of sp³-hybridized carbons (Fsp3) is 0.769. The highest BCUT2D eigenvalue weighted by molar-refractivity contribution is 5.69. The minimum atomic E-state index is -0.408. The summed E-state index contributed by atoms with van der Waals surface area (Å²) in [5, 5.41) is 0. The molecule has 1 atom stereocenters. The van der Waals surface area contributed by atoms with E-state index in [0.717, 1.165) is 19.4 Å². The van der Waals surface area contributed by atoms with Crippen molar-refractivity contribution in [2.75, 3.05) is 6.54 Å². The van der Waals surface area contributed by atoms with Crippen molar-refractivity contribution < 1.29 is 9.53 Å². The van der Waals surface area contributed by atoms with Crippen LogP contribution in [0.1, 0.15) is 47.5 Å². The first-order chi connectivity index (χ1) is 7.29. The van der Waals surface area contributed by atoms with Gasteiger partial charge in [-0.1, -0.05) is 11.6 Å². The van der Waals surface area contributed by atoms with E-state index in [1.807, 2.05) is 25.7 Å². The molecule has 0 N–H and O–H groups in total. The number of carbonyl (C=O) groups excluding carboxylic acids is 1. The van der Waals surface area contributed by atoms with Crippen LogP contribution in [0.15, 0.2) is 11.6 Å².